The number of hydrogen-bond donors (Lipinski definition) is 1. The molecule has 2 aromatic rings. The molecular formula is C19H22ClNO4S. The van der Waals surface area contributed by atoms with Crippen LogP contribution in [0.4, 0.5) is 5.00 Å². The molecule has 1 aromatic heterocycles. The van der Waals surface area contributed by atoms with Crippen molar-refractivity contribution in [1.29, 1.82) is 0 Å². The number of esters is 1. The summed E-state index contributed by atoms with van der Waals surface area (Å²) in [5, 5.41) is 3.78. The van der Waals surface area contributed by atoms with Gasteiger partial charge < -0.3 is 14.8 Å². The lowest BCUT2D eigenvalue weighted by Gasteiger charge is -2.15. The van der Waals surface area contributed by atoms with Gasteiger partial charge >= 0.3 is 5.97 Å². The summed E-state index contributed by atoms with van der Waals surface area (Å²) in [7, 11) is 0. The second-order valence-electron chi connectivity index (χ2n) is 6.15. The predicted molar refractivity (Wildman–Crippen MR) is 105 cm³/mol. The van der Waals surface area contributed by atoms with Gasteiger partial charge in [-0.2, -0.15) is 0 Å². The smallest absolute Gasteiger partial charge is 0.341 e. The molecule has 0 saturated heterocycles. The zero-order valence-electron chi connectivity index (χ0n) is 15.4. The van der Waals surface area contributed by atoms with E-state index >= 15 is 0 Å². The van der Waals surface area contributed by atoms with Crippen LogP contribution in [0, 0.1) is 13.8 Å². The summed E-state index contributed by atoms with van der Waals surface area (Å²) in [6.07, 6.45) is -0.999. The highest BCUT2D eigenvalue weighted by Gasteiger charge is 2.25. The second-order valence-corrected chi connectivity index (χ2v) is 7.81. The molecule has 1 N–H and O–H groups in total. The Kier molecular flexibility index (Phi) is 6.67. The number of carbonyl (C=O) groups excluding carboxylic acids is 2. The Morgan fingerprint density at radius 2 is 1.88 bits per heavy atom. The number of halogens is 1. The molecule has 7 heteroatoms. The Labute approximate surface area is 162 Å². The van der Waals surface area contributed by atoms with Gasteiger partial charge in [0.05, 0.1) is 11.7 Å². The third kappa shape index (κ3) is 4.99. The first kappa shape index (κ1) is 20.3. The fraction of sp³-hybridized carbons (Fsp3) is 0.368. The largest absolute Gasteiger partial charge is 0.481 e. The zero-order valence-corrected chi connectivity index (χ0v) is 17.0. The number of carbonyl (C=O) groups is 2. The minimum Gasteiger partial charge on any atom is -0.481 e. The molecular weight excluding hydrogens is 374 g/mol. The van der Waals surface area contributed by atoms with Crippen molar-refractivity contribution < 1.29 is 19.1 Å². The molecule has 0 bridgehead atoms. The molecule has 1 unspecified atom stereocenters. The van der Waals surface area contributed by atoms with Crippen molar-refractivity contribution in [2.75, 3.05) is 5.32 Å². The van der Waals surface area contributed by atoms with Gasteiger partial charge in [0.1, 0.15) is 10.8 Å². The SMILES string of the molecule is Cc1sc(NC(=O)C(C)Oc2cccc(Cl)c2)c(C(=O)OC(C)C)c1C. The van der Waals surface area contributed by atoms with Crippen LogP contribution >= 0.6 is 22.9 Å². The van der Waals surface area contributed by atoms with Gasteiger partial charge in [0, 0.05) is 9.90 Å². The Bertz CT molecular complexity index is 816. The molecule has 1 heterocycles. The topological polar surface area (TPSA) is 64.6 Å². The van der Waals surface area contributed by atoms with Crippen molar-refractivity contribution in [3.8, 4) is 5.75 Å². The van der Waals surface area contributed by atoms with Crippen molar-refractivity contribution in [3.05, 3.63) is 45.3 Å². The van der Waals surface area contributed by atoms with E-state index in [9.17, 15) is 9.59 Å². The van der Waals surface area contributed by atoms with E-state index in [1.165, 1.54) is 11.3 Å². The van der Waals surface area contributed by atoms with Crippen LogP contribution in [0.2, 0.25) is 5.02 Å². The Balaban J connectivity index is 2.15. The van der Waals surface area contributed by atoms with Gasteiger partial charge in [0.2, 0.25) is 0 Å². The molecule has 0 fully saturated rings. The average Bonchev–Trinajstić information content (AvgIpc) is 2.80. The summed E-state index contributed by atoms with van der Waals surface area (Å²) in [5.41, 5.74) is 1.20. The molecule has 0 spiro atoms. The van der Waals surface area contributed by atoms with Crippen molar-refractivity contribution in [3.63, 3.8) is 0 Å². The van der Waals surface area contributed by atoms with E-state index in [2.05, 4.69) is 5.32 Å². The highest BCUT2D eigenvalue weighted by atomic mass is 35.5. The average molecular weight is 396 g/mol. The van der Waals surface area contributed by atoms with E-state index in [0.717, 1.165) is 10.4 Å². The van der Waals surface area contributed by atoms with Crippen molar-refractivity contribution in [1.82, 2.24) is 0 Å². The number of thiophene rings is 1. The van der Waals surface area contributed by atoms with E-state index in [4.69, 9.17) is 21.1 Å². The third-order valence-corrected chi connectivity index (χ3v) is 5.00. The summed E-state index contributed by atoms with van der Waals surface area (Å²) < 4.78 is 10.9. The van der Waals surface area contributed by atoms with Crippen molar-refractivity contribution in [2.45, 2.75) is 46.8 Å². The molecule has 26 heavy (non-hydrogen) atoms. The molecule has 1 aromatic carbocycles. The summed E-state index contributed by atoms with van der Waals surface area (Å²) in [6, 6.07) is 6.83. The van der Waals surface area contributed by atoms with Gasteiger partial charge in [-0.1, -0.05) is 17.7 Å². The fourth-order valence-electron chi connectivity index (χ4n) is 2.25. The number of hydrogen-bond acceptors (Lipinski definition) is 5. The van der Waals surface area contributed by atoms with Gasteiger partial charge in [0.25, 0.3) is 5.91 Å². The van der Waals surface area contributed by atoms with E-state index in [1.54, 1.807) is 45.0 Å². The van der Waals surface area contributed by atoms with Gasteiger partial charge in [0.15, 0.2) is 6.10 Å². The number of ether oxygens (including phenoxy) is 2. The second kappa shape index (κ2) is 8.56. The highest BCUT2D eigenvalue weighted by molar-refractivity contribution is 7.16. The normalized spacial score (nSPS) is 12.0. The first-order valence-corrected chi connectivity index (χ1v) is 9.42. The lowest BCUT2D eigenvalue weighted by Crippen LogP contribution is -2.30. The zero-order chi connectivity index (χ0) is 19.4. The van der Waals surface area contributed by atoms with Crippen LogP contribution in [-0.4, -0.2) is 24.1 Å². The number of aryl methyl sites for hydroxylation is 1. The minimum atomic E-state index is -0.759. The number of benzene rings is 1. The number of anilines is 1. The van der Waals surface area contributed by atoms with Crippen LogP contribution < -0.4 is 10.1 Å². The molecule has 5 nitrogen and oxygen atoms in total. The molecule has 0 saturated carbocycles. The van der Waals surface area contributed by atoms with Gasteiger partial charge in [-0.25, -0.2) is 4.79 Å². The van der Waals surface area contributed by atoms with Crippen molar-refractivity contribution >= 4 is 39.8 Å². The maximum atomic E-state index is 12.5. The Hall–Kier alpha value is -2.05. The van der Waals surface area contributed by atoms with Crippen LogP contribution in [0.1, 0.15) is 41.6 Å². The molecule has 140 valence electrons. The number of rotatable bonds is 6. The summed E-state index contributed by atoms with van der Waals surface area (Å²) in [4.78, 5) is 25.8. The Morgan fingerprint density at radius 1 is 1.19 bits per heavy atom. The summed E-state index contributed by atoms with van der Waals surface area (Å²) in [5.74, 6) is -0.302. The van der Waals surface area contributed by atoms with Crippen LogP contribution in [-0.2, 0) is 9.53 Å². The predicted octanol–water partition coefficient (Wildman–Crippen LogP) is 4.99. The van der Waals surface area contributed by atoms with E-state index in [1.807, 2.05) is 13.8 Å². The molecule has 1 atom stereocenters. The van der Waals surface area contributed by atoms with Gasteiger partial charge in [-0.15, -0.1) is 11.3 Å². The van der Waals surface area contributed by atoms with Crippen LogP contribution in [0.5, 0.6) is 5.75 Å². The molecule has 0 radical (unpaired) electrons. The molecule has 2 rings (SSSR count). The minimum absolute atomic E-state index is 0.240. The lowest BCUT2D eigenvalue weighted by atomic mass is 10.1. The maximum Gasteiger partial charge on any atom is 0.341 e. The standard InChI is InChI=1S/C19H22ClNO4S/c1-10(2)24-19(23)16-11(3)13(5)26-18(16)21-17(22)12(4)25-15-8-6-7-14(20)9-15/h6-10,12H,1-5H3,(H,21,22). The van der Waals surface area contributed by atoms with Crippen LogP contribution in [0.3, 0.4) is 0 Å². The monoisotopic (exact) mass is 395 g/mol. The highest BCUT2D eigenvalue weighted by Crippen LogP contribution is 2.33. The van der Waals surface area contributed by atoms with Crippen molar-refractivity contribution in [2.24, 2.45) is 0 Å². The first-order valence-electron chi connectivity index (χ1n) is 8.23. The number of nitrogens with one attached hydrogen (secondary N) is 1. The quantitative estimate of drug-likeness (QED) is 0.700. The maximum absolute atomic E-state index is 12.5. The molecule has 1 amide bonds. The van der Waals surface area contributed by atoms with Gasteiger partial charge in [-0.05, 0) is 58.4 Å². The van der Waals surface area contributed by atoms with Crippen LogP contribution in [0.25, 0.3) is 0 Å². The van der Waals surface area contributed by atoms with Crippen LogP contribution in [0.15, 0.2) is 24.3 Å². The lowest BCUT2D eigenvalue weighted by molar-refractivity contribution is -0.122. The van der Waals surface area contributed by atoms with Gasteiger partial charge in [-0.3, -0.25) is 4.79 Å². The third-order valence-electron chi connectivity index (χ3n) is 3.65. The molecule has 0 aliphatic heterocycles. The fourth-order valence-corrected chi connectivity index (χ4v) is 3.48. The first-order chi connectivity index (χ1) is 12.2. The Morgan fingerprint density at radius 3 is 2.50 bits per heavy atom. The molecule has 0 aliphatic rings. The van der Waals surface area contributed by atoms with E-state index < -0.39 is 12.1 Å². The summed E-state index contributed by atoms with van der Waals surface area (Å²) >= 11 is 7.27. The van der Waals surface area contributed by atoms with E-state index in [0.29, 0.717) is 21.3 Å². The number of amides is 1. The molecule has 0 aliphatic carbocycles. The summed E-state index contributed by atoms with van der Waals surface area (Å²) in [6.45, 7) is 8.94. The van der Waals surface area contributed by atoms with E-state index in [-0.39, 0.29) is 12.0 Å².